The maximum Gasteiger partial charge on any atom is 0.277 e. The lowest BCUT2D eigenvalue weighted by Crippen LogP contribution is -2.24. The standard InChI is InChI=1S/C22H23IN2O4S2/c1-3-8-28-21-18(23)11-15(12-19(21)27-2)13-24-25-20(26)14-29-17-6-4-16(5-7-17)22-30-9-10-31-22/h3-7,11-13,22H,1,8-10,14H2,2H3,(H,25,26)/b24-13+. The minimum Gasteiger partial charge on any atom is -0.493 e. The van der Waals surface area contributed by atoms with Gasteiger partial charge in [0.25, 0.3) is 5.91 Å². The second-order valence-corrected chi connectivity index (χ2v) is 10.2. The summed E-state index contributed by atoms with van der Waals surface area (Å²) in [6.07, 6.45) is 3.22. The summed E-state index contributed by atoms with van der Waals surface area (Å²) in [6, 6.07) is 11.6. The van der Waals surface area contributed by atoms with Crippen LogP contribution in [0.3, 0.4) is 0 Å². The Morgan fingerprint density at radius 1 is 1.26 bits per heavy atom. The average molecular weight is 570 g/mol. The van der Waals surface area contributed by atoms with Crippen LogP contribution in [0.25, 0.3) is 0 Å². The van der Waals surface area contributed by atoms with Gasteiger partial charge >= 0.3 is 0 Å². The van der Waals surface area contributed by atoms with Gasteiger partial charge in [-0.2, -0.15) is 5.10 Å². The number of thioether (sulfide) groups is 2. The highest BCUT2D eigenvalue weighted by atomic mass is 127. The highest BCUT2D eigenvalue weighted by molar-refractivity contribution is 14.1. The Labute approximate surface area is 204 Å². The number of amides is 1. The molecule has 9 heteroatoms. The lowest BCUT2D eigenvalue weighted by Gasteiger charge is -2.12. The zero-order valence-corrected chi connectivity index (χ0v) is 20.8. The smallest absolute Gasteiger partial charge is 0.277 e. The van der Waals surface area contributed by atoms with E-state index in [9.17, 15) is 4.79 Å². The number of methoxy groups -OCH3 is 1. The highest BCUT2D eigenvalue weighted by Crippen LogP contribution is 2.45. The Hall–Kier alpha value is -1.85. The van der Waals surface area contributed by atoms with Gasteiger partial charge in [-0.05, 0) is 58.0 Å². The monoisotopic (exact) mass is 570 g/mol. The van der Waals surface area contributed by atoms with Crippen molar-refractivity contribution in [3.05, 3.63) is 63.8 Å². The molecule has 0 saturated carbocycles. The number of nitrogens with zero attached hydrogens (tertiary/aromatic N) is 1. The number of benzene rings is 2. The summed E-state index contributed by atoms with van der Waals surface area (Å²) in [6.45, 7) is 3.92. The Bertz CT molecular complexity index is 932. The molecule has 31 heavy (non-hydrogen) atoms. The SMILES string of the molecule is C=CCOc1c(I)cc(/C=N/NC(=O)COc2ccc(C3SCCS3)cc2)cc1OC. The molecule has 0 bridgehead atoms. The number of ether oxygens (including phenoxy) is 3. The lowest BCUT2D eigenvalue weighted by atomic mass is 10.2. The summed E-state index contributed by atoms with van der Waals surface area (Å²) < 4.78 is 17.9. The Morgan fingerprint density at radius 2 is 2.00 bits per heavy atom. The van der Waals surface area contributed by atoms with E-state index in [1.165, 1.54) is 17.1 Å². The molecule has 2 aromatic rings. The van der Waals surface area contributed by atoms with Gasteiger partial charge < -0.3 is 14.2 Å². The molecular weight excluding hydrogens is 547 g/mol. The number of hydrazone groups is 1. The molecule has 1 aliphatic heterocycles. The van der Waals surface area contributed by atoms with Crippen molar-refractivity contribution in [3.8, 4) is 17.2 Å². The number of rotatable bonds is 10. The van der Waals surface area contributed by atoms with E-state index in [0.29, 0.717) is 28.4 Å². The molecule has 2 aromatic carbocycles. The van der Waals surface area contributed by atoms with Gasteiger partial charge in [-0.1, -0.05) is 24.8 Å². The summed E-state index contributed by atoms with van der Waals surface area (Å²) in [5.41, 5.74) is 4.52. The lowest BCUT2D eigenvalue weighted by molar-refractivity contribution is -0.123. The van der Waals surface area contributed by atoms with Gasteiger partial charge in [-0.25, -0.2) is 5.43 Å². The Morgan fingerprint density at radius 3 is 2.68 bits per heavy atom. The molecule has 1 aliphatic rings. The van der Waals surface area contributed by atoms with Crippen molar-refractivity contribution in [2.24, 2.45) is 5.10 Å². The third-order valence-corrected chi connectivity index (χ3v) is 8.05. The molecule has 1 saturated heterocycles. The van der Waals surface area contributed by atoms with E-state index < -0.39 is 0 Å². The molecule has 3 rings (SSSR count). The maximum absolute atomic E-state index is 12.0. The quantitative estimate of drug-likeness (QED) is 0.190. The number of hydrogen-bond acceptors (Lipinski definition) is 7. The molecular formula is C22H23IN2O4S2. The van der Waals surface area contributed by atoms with Crippen molar-refractivity contribution in [1.29, 1.82) is 0 Å². The van der Waals surface area contributed by atoms with E-state index in [4.69, 9.17) is 14.2 Å². The van der Waals surface area contributed by atoms with Gasteiger partial charge in [0.05, 0.1) is 21.5 Å². The molecule has 0 aromatic heterocycles. The molecule has 0 atom stereocenters. The molecule has 0 unspecified atom stereocenters. The molecule has 1 N–H and O–H groups in total. The minimum atomic E-state index is -0.338. The van der Waals surface area contributed by atoms with Crippen LogP contribution in [0.4, 0.5) is 0 Å². The molecule has 1 heterocycles. The van der Waals surface area contributed by atoms with Crippen LogP contribution < -0.4 is 19.6 Å². The Balaban J connectivity index is 1.49. The van der Waals surface area contributed by atoms with Crippen LogP contribution in [0.2, 0.25) is 0 Å². The molecule has 0 spiro atoms. The van der Waals surface area contributed by atoms with Gasteiger partial charge in [0.2, 0.25) is 0 Å². The zero-order chi connectivity index (χ0) is 22.1. The van der Waals surface area contributed by atoms with Gasteiger partial charge in [-0.15, -0.1) is 23.5 Å². The number of carbonyl (C=O) groups excluding carboxylic acids is 1. The van der Waals surface area contributed by atoms with Crippen molar-refractivity contribution in [2.75, 3.05) is 31.8 Å². The van der Waals surface area contributed by atoms with E-state index in [1.54, 1.807) is 25.5 Å². The van der Waals surface area contributed by atoms with Gasteiger partial charge in [0, 0.05) is 11.5 Å². The topological polar surface area (TPSA) is 69.2 Å². The normalized spacial score (nSPS) is 13.9. The van der Waals surface area contributed by atoms with Crippen LogP contribution in [-0.2, 0) is 4.79 Å². The van der Waals surface area contributed by atoms with Gasteiger partial charge in [0.15, 0.2) is 18.1 Å². The summed E-state index contributed by atoms with van der Waals surface area (Å²) in [5.74, 6) is 3.93. The van der Waals surface area contributed by atoms with E-state index in [1.807, 2.05) is 41.7 Å². The van der Waals surface area contributed by atoms with Crippen LogP contribution in [0.1, 0.15) is 15.7 Å². The zero-order valence-electron chi connectivity index (χ0n) is 17.0. The average Bonchev–Trinajstić information content (AvgIpc) is 3.32. The molecule has 0 radical (unpaired) electrons. The largest absolute Gasteiger partial charge is 0.493 e. The van der Waals surface area contributed by atoms with Crippen LogP contribution in [0.5, 0.6) is 17.2 Å². The van der Waals surface area contributed by atoms with Crippen LogP contribution in [0.15, 0.2) is 54.2 Å². The summed E-state index contributed by atoms with van der Waals surface area (Å²) in [7, 11) is 1.57. The second-order valence-electron chi connectivity index (χ2n) is 6.36. The molecule has 0 aliphatic carbocycles. The predicted molar refractivity (Wildman–Crippen MR) is 137 cm³/mol. The predicted octanol–water partition coefficient (Wildman–Crippen LogP) is 4.87. The summed E-state index contributed by atoms with van der Waals surface area (Å²) in [4.78, 5) is 12.0. The molecule has 164 valence electrons. The number of halogens is 1. The van der Waals surface area contributed by atoms with Crippen LogP contribution in [0, 0.1) is 3.57 Å². The van der Waals surface area contributed by atoms with Crippen molar-refractivity contribution < 1.29 is 19.0 Å². The highest BCUT2D eigenvalue weighted by Gasteiger charge is 2.18. The van der Waals surface area contributed by atoms with Crippen LogP contribution >= 0.6 is 46.1 Å². The first kappa shape index (κ1) is 23.8. The molecule has 6 nitrogen and oxygen atoms in total. The van der Waals surface area contributed by atoms with Gasteiger partial charge in [0.1, 0.15) is 12.4 Å². The first-order valence-corrected chi connectivity index (χ1v) is 12.7. The first-order valence-electron chi connectivity index (χ1n) is 9.50. The number of hydrogen-bond donors (Lipinski definition) is 1. The van der Waals surface area contributed by atoms with E-state index in [2.05, 4.69) is 51.8 Å². The fourth-order valence-electron chi connectivity index (χ4n) is 2.73. The number of carbonyl (C=O) groups is 1. The maximum atomic E-state index is 12.0. The second kappa shape index (κ2) is 12.3. The third kappa shape index (κ3) is 7.08. The first-order chi connectivity index (χ1) is 15.1. The molecule has 1 amide bonds. The Kier molecular flexibility index (Phi) is 9.41. The van der Waals surface area contributed by atoms with Crippen molar-refractivity contribution in [3.63, 3.8) is 0 Å². The van der Waals surface area contributed by atoms with Crippen molar-refractivity contribution in [2.45, 2.75) is 4.58 Å². The third-order valence-electron chi connectivity index (χ3n) is 4.14. The van der Waals surface area contributed by atoms with E-state index >= 15 is 0 Å². The summed E-state index contributed by atoms with van der Waals surface area (Å²) >= 11 is 6.08. The van der Waals surface area contributed by atoms with E-state index in [-0.39, 0.29) is 12.5 Å². The fraction of sp³-hybridized carbons (Fsp3) is 0.273. The van der Waals surface area contributed by atoms with Crippen molar-refractivity contribution in [1.82, 2.24) is 5.43 Å². The van der Waals surface area contributed by atoms with Gasteiger partial charge in [-0.3, -0.25) is 4.79 Å². The minimum absolute atomic E-state index is 0.112. The van der Waals surface area contributed by atoms with E-state index in [0.717, 1.165) is 9.13 Å². The van der Waals surface area contributed by atoms with Crippen molar-refractivity contribution >= 4 is 58.2 Å². The fourth-order valence-corrected chi connectivity index (χ4v) is 6.37. The number of nitrogens with one attached hydrogen (secondary N) is 1. The molecule has 1 fully saturated rings. The summed E-state index contributed by atoms with van der Waals surface area (Å²) in [5, 5.41) is 4.00. The van der Waals surface area contributed by atoms with Crippen LogP contribution in [-0.4, -0.2) is 44.0 Å².